The number of carbonyl (C=O) groups excluding carboxylic acids is 1. The number of carbonyl (C=O) groups is 1. The largest absolute Gasteiger partial charge is 0.383 e. The van der Waals surface area contributed by atoms with E-state index in [1.165, 1.54) is 28.6 Å². The molecule has 0 spiro atoms. The number of aryl methyl sites for hydroxylation is 2. The lowest BCUT2D eigenvalue weighted by Gasteiger charge is -2.13. The molecule has 3 aromatic rings. The van der Waals surface area contributed by atoms with Crippen LogP contribution in [-0.2, 0) is 28.9 Å². The van der Waals surface area contributed by atoms with E-state index in [-0.39, 0.29) is 17.2 Å². The molecule has 0 aliphatic heterocycles. The van der Waals surface area contributed by atoms with Gasteiger partial charge in [-0.25, -0.2) is 4.98 Å². The van der Waals surface area contributed by atoms with Gasteiger partial charge in [-0.05, 0) is 43.4 Å². The minimum absolute atomic E-state index is 0.0163. The zero-order valence-corrected chi connectivity index (χ0v) is 17.9. The quantitative estimate of drug-likeness (QED) is 0.458. The second-order valence-electron chi connectivity index (χ2n) is 6.94. The molecule has 1 N–H and O–H groups in total. The van der Waals surface area contributed by atoms with Crippen LogP contribution in [0.2, 0.25) is 0 Å². The molecular formula is C21H23N3O3S2. The van der Waals surface area contributed by atoms with Gasteiger partial charge in [0.2, 0.25) is 5.91 Å². The van der Waals surface area contributed by atoms with Crippen molar-refractivity contribution in [3.8, 4) is 0 Å². The molecule has 0 saturated carbocycles. The van der Waals surface area contributed by atoms with E-state index in [0.29, 0.717) is 18.3 Å². The summed E-state index contributed by atoms with van der Waals surface area (Å²) in [5.41, 5.74) is 1.92. The first-order valence-electron chi connectivity index (χ1n) is 9.69. The maximum absolute atomic E-state index is 13.3. The Morgan fingerprint density at radius 2 is 2.07 bits per heavy atom. The van der Waals surface area contributed by atoms with Gasteiger partial charge in [0.05, 0.1) is 24.3 Å². The van der Waals surface area contributed by atoms with Crippen molar-refractivity contribution in [2.45, 2.75) is 37.4 Å². The van der Waals surface area contributed by atoms with Gasteiger partial charge in [-0.3, -0.25) is 14.2 Å². The zero-order valence-electron chi connectivity index (χ0n) is 16.3. The van der Waals surface area contributed by atoms with Crippen LogP contribution in [0.1, 0.15) is 23.3 Å². The SMILES string of the molecule is COCCn1c(SCC(=O)Nc2ccccc2)nc2sc3c(c2c1=O)CCCC3. The highest BCUT2D eigenvalue weighted by atomic mass is 32.2. The summed E-state index contributed by atoms with van der Waals surface area (Å²) in [7, 11) is 1.61. The number of nitrogens with zero attached hydrogens (tertiary/aromatic N) is 2. The Hall–Kier alpha value is -2.16. The molecule has 152 valence electrons. The maximum atomic E-state index is 13.3. The van der Waals surface area contributed by atoms with Crippen molar-refractivity contribution in [2.75, 3.05) is 24.8 Å². The number of aromatic nitrogens is 2. The molecule has 0 fully saturated rings. The fourth-order valence-corrected chi connectivity index (χ4v) is 5.69. The predicted octanol–water partition coefficient (Wildman–Crippen LogP) is 3.71. The number of rotatable bonds is 7. The second-order valence-corrected chi connectivity index (χ2v) is 8.96. The van der Waals surface area contributed by atoms with E-state index in [1.54, 1.807) is 23.0 Å². The van der Waals surface area contributed by atoms with Crippen molar-refractivity contribution in [1.82, 2.24) is 9.55 Å². The molecule has 1 aromatic carbocycles. The molecule has 1 aliphatic carbocycles. The highest BCUT2D eigenvalue weighted by molar-refractivity contribution is 7.99. The zero-order chi connectivity index (χ0) is 20.2. The number of thioether (sulfide) groups is 1. The van der Waals surface area contributed by atoms with Crippen LogP contribution in [0, 0.1) is 0 Å². The number of hydrogen-bond acceptors (Lipinski definition) is 6. The average Bonchev–Trinajstić information content (AvgIpc) is 3.11. The van der Waals surface area contributed by atoms with Gasteiger partial charge in [0.25, 0.3) is 5.56 Å². The monoisotopic (exact) mass is 429 g/mol. The van der Waals surface area contributed by atoms with Crippen molar-refractivity contribution in [2.24, 2.45) is 0 Å². The van der Waals surface area contributed by atoms with Gasteiger partial charge in [0.1, 0.15) is 4.83 Å². The fourth-order valence-electron chi connectivity index (χ4n) is 3.56. The summed E-state index contributed by atoms with van der Waals surface area (Å²) in [5, 5.41) is 4.20. The van der Waals surface area contributed by atoms with Gasteiger partial charge in [0, 0.05) is 17.7 Å². The Kier molecular flexibility index (Phi) is 6.32. The topological polar surface area (TPSA) is 73.2 Å². The Bertz CT molecular complexity index is 1080. The Balaban J connectivity index is 1.61. The lowest BCUT2D eigenvalue weighted by molar-refractivity contribution is -0.113. The van der Waals surface area contributed by atoms with E-state index in [9.17, 15) is 9.59 Å². The van der Waals surface area contributed by atoms with Gasteiger partial charge in [-0.2, -0.15) is 0 Å². The molecule has 2 aromatic heterocycles. The molecule has 8 heteroatoms. The first-order valence-corrected chi connectivity index (χ1v) is 11.5. The van der Waals surface area contributed by atoms with Crippen molar-refractivity contribution < 1.29 is 9.53 Å². The standard InChI is InChI=1S/C21H23N3O3S2/c1-27-12-11-24-20(26)18-15-9-5-6-10-16(15)29-19(18)23-21(24)28-13-17(25)22-14-7-3-2-4-8-14/h2-4,7-8H,5-6,9-13H2,1H3,(H,22,25). The molecule has 1 amide bonds. The van der Waals surface area contributed by atoms with Gasteiger partial charge < -0.3 is 10.1 Å². The normalized spacial score (nSPS) is 13.4. The first kappa shape index (κ1) is 20.1. The molecule has 29 heavy (non-hydrogen) atoms. The minimum Gasteiger partial charge on any atom is -0.383 e. The molecule has 0 radical (unpaired) electrons. The van der Waals surface area contributed by atoms with Crippen LogP contribution in [0.5, 0.6) is 0 Å². The Labute approximate surface area is 177 Å². The number of anilines is 1. The highest BCUT2D eigenvalue weighted by Crippen LogP contribution is 2.34. The Morgan fingerprint density at radius 1 is 1.28 bits per heavy atom. The van der Waals surface area contributed by atoms with Crippen LogP contribution < -0.4 is 10.9 Å². The third-order valence-electron chi connectivity index (χ3n) is 4.95. The molecular weight excluding hydrogens is 406 g/mol. The summed E-state index contributed by atoms with van der Waals surface area (Å²) < 4.78 is 6.85. The molecule has 0 saturated heterocycles. The van der Waals surface area contributed by atoms with Crippen LogP contribution in [0.3, 0.4) is 0 Å². The number of thiophene rings is 1. The summed E-state index contributed by atoms with van der Waals surface area (Å²) in [6.07, 6.45) is 4.25. The van der Waals surface area contributed by atoms with Crippen LogP contribution in [0.25, 0.3) is 10.2 Å². The van der Waals surface area contributed by atoms with E-state index in [2.05, 4.69) is 5.32 Å². The molecule has 0 bridgehead atoms. The van der Waals surface area contributed by atoms with Crippen LogP contribution in [0.4, 0.5) is 5.69 Å². The first-order chi connectivity index (χ1) is 14.2. The third kappa shape index (κ3) is 4.39. The van der Waals surface area contributed by atoms with Crippen molar-refractivity contribution >= 4 is 44.9 Å². The summed E-state index contributed by atoms with van der Waals surface area (Å²) in [6, 6.07) is 9.34. The summed E-state index contributed by atoms with van der Waals surface area (Å²) in [6.45, 7) is 0.842. The van der Waals surface area contributed by atoms with Gasteiger partial charge in [0.15, 0.2) is 5.16 Å². The summed E-state index contributed by atoms with van der Waals surface area (Å²) in [5.74, 6) is 0.0598. The van der Waals surface area contributed by atoms with Crippen molar-refractivity contribution in [3.05, 3.63) is 51.1 Å². The predicted molar refractivity (Wildman–Crippen MR) is 118 cm³/mol. The van der Waals surface area contributed by atoms with E-state index in [0.717, 1.165) is 35.2 Å². The molecule has 4 rings (SSSR count). The van der Waals surface area contributed by atoms with E-state index < -0.39 is 0 Å². The maximum Gasteiger partial charge on any atom is 0.263 e. The van der Waals surface area contributed by atoms with Crippen LogP contribution in [-0.4, -0.2) is 34.9 Å². The lowest BCUT2D eigenvalue weighted by atomic mass is 9.97. The van der Waals surface area contributed by atoms with E-state index in [4.69, 9.17) is 9.72 Å². The number of benzene rings is 1. The number of ether oxygens (including phenoxy) is 1. The number of nitrogens with one attached hydrogen (secondary N) is 1. The molecule has 0 unspecified atom stereocenters. The van der Waals surface area contributed by atoms with E-state index >= 15 is 0 Å². The molecule has 1 aliphatic rings. The second kappa shape index (κ2) is 9.11. The number of methoxy groups -OCH3 is 1. The lowest BCUT2D eigenvalue weighted by Crippen LogP contribution is -2.26. The van der Waals surface area contributed by atoms with Gasteiger partial charge in [-0.15, -0.1) is 11.3 Å². The van der Waals surface area contributed by atoms with Crippen LogP contribution >= 0.6 is 23.1 Å². The van der Waals surface area contributed by atoms with Crippen molar-refractivity contribution in [3.63, 3.8) is 0 Å². The van der Waals surface area contributed by atoms with Gasteiger partial charge >= 0.3 is 0 Å². The molecule has 0 atom stereocenters. The summed E-state index contributed by atoms with van der Waals surface area (Å²) in [4.78, 5) is 32.5. The smallest absolute Gasteiger partial charge is 0.263 e. The molecule has 2 heterocycles. The number of fused-ring (bicyclic) bond motifs is 3. The highest BCUT2D eigenvalue weighted by Gasteiger charge is 2.22. The summed E-state index contributed by atoms with van der Waals surface area (Å²) >= 11 is 2.92. The van der Waals surface area contributed by atoms with E-state index in [1.807, 2.05) is 30.3 Å². The van der Waals surface area contributed by atoms with Gasteiger partial charge in [-0.1, -0.05) is 30.0 Å². The third-order valence-corrected chi connectivity index (χ3v) is 7.11. The minimum atomic E-state index is -0.126. The molecule has 6 nitrogen and oxygen atoms in total. The fraction of sp³-hybridized carbons (Fsp3) is 0.381. The van der Waals surface area contributed by atoms with Crippen LogP contribution in [0.15, 0.2) is 40.3 Å². The number of hydrogen-bond donors (Lipinski definition) is 1. The van der Waals surface area contributed by atoms with Crippen molar-refractivity contribution in [1.29, 1.82) is 0 Å². The average molecular weight is 430 g/mol. The number of amides is 1. The Morgan fingerprint density at radius 3 is 2.86 bits per heavy atom. The number of para-hydroxylation sites is 1.